The normalized spacial score (nSPS) is 13.2. The molecule has 0 aliphatic heterocycles. The maximum Gasteiger partial charge on any atom is 0.0210 e. The fourth-order valence-electron chi connectivity index (χ4n) is 1.32. The van der Waals surface area contributed by atoms with Gasteiger partial charge in [-0.3, -0.25) is 0 Å². The Balaban J connectivity index is 2.50. The third kappa shape index (κ3) is 3.15. The first-order valence-electron chi connectivity index (χ1n) is 5.39. The minimum absolute atomic E-state index is 0.578. The van der Waals surface area contributed by atoms with Crippen LogP contribution >= 0.6 is 0 Å². The van der Waals surface area contributed by atoms with Crippen molar-refractivity contribution in [1.82, 2.24) is 5.32 Å². The zero-order valence-corrected chi connectivity index (χ0v) is 9.67. The average molecular weight is 191 g/mol. The van der Waals surface area contributed by atoms with E-state index in [-0.39, 0.29) is 0 Å². The second kappa shape index (κ2) is 5.16. The molecule has 1 atom stereocenters. The molecule has 14 heavy (non-hydrogen) atoms. The molecule has 0 amide bonds. The van der Waals surface area contributed by atoms with Crippen molar-refractivity contribution >= 4 is 0 Å². The second-order valence-corrected chi connectivity index (χ2v) is 4.34. The Kier molecular flexibility index (Phi) is 4.15. The SMILES string of the molecule is Cc1ccccc1CN[C@H](C)C(C)C. The molecular formula is C13H21N. The summed E-state index contributed by atoms with van der Waals surface area (Å²) in [7, 11) is 0. The number of rotatable bonds is 4. The summed E-state index contributed by atoms with van der Waals surface area (Å²) < 4.78 is 0. The first-order valence-corrected chi connectivity index (χ1v) is 5.39. The molecule has 0 aliphatic rings. The highest BCUT2D eigenvalue weighted by molar-refractivity contribution is 5.25. The van der Waals surface area contributed by atoms with E-state index in [1.165, 1.54) is 11.1 Å². The number of nitrogens with one attached hydrogen (secondary N) is 1. The van der Waals surface area contributed by atoms with Gasteiger partial charge in [-0.15, -0.1) is 0 Å². The molecule has 0 unspecified atom stereocenters. The molecule has 0 aromatic heterocycles. The quantitative estimate of drug-likeness (QED) is 0.771. The topological polar surface area (TPSA) is 12.0 Å². The van der Waals surface area contributed by atoms with Crippen LogP contribution in [-0.2, 0) is 6.54 Å². The lowest BCUT2D eigenvalue weighted by Crippen LogP contribution is -2.30. The Hall–Kier alpha value is -0.820. The van der Waals surface area contributed by atoms with Gasteiger partial charge in [0.2, 0.25) is 0 Å². The van der Waals surface area contributed by atoms with Gasteiger partial charge in [-0.1, -0.05) is 38.1 Å². The van der Waals surface area contributed by atoms with E-state index in [1.807, 2.05) is 0 Å². The van der Waals surface area contributed by atoms with Crippen molar-refractivity contribution in [3.63, 3.8) is 0 Å². The predicted octanol–water partition coefficient (Wildman–Crippen LogP) is 3.13. The Labute approximate surface area is 87.5 Å². The summed E-state index contributed by atoms with van der Waals surface area (Å²) in [5, 5.41) is 3.54. The monoisotopic (exact) mass is 191 g/mol. The van der Waals surface area contributed by atoms with Gasteiger partial charge in [-0.25, -0.2) is 0 Å². The van der Waals surface area contributed by atoms with Crippen LogP contribution in [0.4, 0.5) is 0 Å². The van der Waals surface area contributed by atoms with Gasteiger partial charge in [0, 0.05) is 12.6 Å². The predicted molar refractivity (Wildman–Crippen MR) is 62.3 cm³/mol. The lowest BCUT2D eigenvalue weighted by molar-refractivity contribution is 0.426. The summed E-state index contributed by atoms with van der Waals surface area (Å²) in [6.07, 6.45) is 0. The summed E-state index contributed by atoms with van der Waals surface area (Å²) in [6.45, 7) is 9.87. The van der Waals surface area contributed by atoms with Crippen LogP contribution < -0.4 is 5.32 Å². The first kappa shape index (κ1) is 11.3. The van der Waals surface area contributed by atoms with E-state index in [1.54, 1.807) is 0 Å². The summed E-state index contributed by atoms with van der Waals surface area (Å²) >= 11 is 0. The van der Waals surface area contributed by atoms with E-state index in [9.17, 15) is 0 Å². The molecule has 0 aliphatic carbocycles. The number of hydrogen-bond acceptors (Lipinski definition) is 1. The zero-order chi connectivity index (χ0) is 10.6. The number of benzene rings is 1. The maximum absolute atomic E-state index is 3.54. The first-order chi connectivity index (χ1) is 6.61. The maximum atomic E-state index is 3.54. The van der Waals surface area contributed by atoms with Gasteiger partial charge in [0.1, 0.15) is 0 Å². The van der Waals surface area contributed by atoms with Crippen molar-refractivity contribution in [2.45, 2.75) is 40.3 Å². The van der Waals surface area contributed by atoms with Crippen molar-refractivity contribution in [2.24, 2.45) is 5.92 Å². The van der Waals surface area contributed by atoms with Gasteiger partial charge in [0.15, 0.2) is 0 Å². The van der Waals surface area contributed by atoms with Gasteiger partial charge in [0.05, 0.1) is 0 Å². The van der Waals surface area contributed by atoms with Crippen LogP contribution in [0, 0.1) is 12.8 Å². The standard InChI is InChI=1S/C13H21N/c1-10(2)12(4)14-9-13-8-6-5-7-11(13)3/h5-8,10,12,14H,9H2,1-4H3/t12-/m1/s1. The van der Waals surface area contributed by atoms with Crippen LogP contribution in [0.3, 0.4) is 0 Å². The summed E-state index contributed by atoms with van der Waals surface area (Å²) in [6, 6.07) is 9.12. The van der Waals surface area contributed by atoms with Gasteiger partial charge < -0.3 is 5.32 Å². The summed E-state index contributed by atoms with van der Waals surface area (Å²) in [4.78, 5) is 0. The van der Waals surface area contributed by atoms with Crippen molar-refractivity contribution < 1.29 is 0 Å². The van der Waals surface area contributed by atoms with E-state index >= 15 is 0 Å². The number of aryl methyl sites for hydroxylation is 1. The largest absolute Gasteiger partial charge is 0.310 e. The molecule has 0 saturated carbocycles. The molecule has 0 spiro atoms. The van der Waals surface area contributed by atoms with Crippen molar-refractivity contribution in [1.29, 1.82) is 0 Å². The Bertz CT molecular complexity index is 278. The molecule has 0 heterocycles. The molecule has 1 nitrogen and oxygen atoms in total. The molecule has 78 valence electrons. The van der Waals surface area contributed by atoms with Crippen LogP contribution in [-0.4, -0.2) is 6.04 Å². The van der Waals surface area contributed by atoms with Crippen molar-refractivity contribution in [3.05, 3.63) is 35.4 Å². The minimum Gasteiger partial charge on any atom is -0.310 e. The fourth-order valence-corrected chi connectivity index (χ4v) is 1.32. The van der Waals surface area contributed by atoms with E-state index < -0.39 is 0 Å². The van der Waals surface area contributed by atoms with Crippen LogP contribution in [0.1, 0.15) is 31.9 Å². The molecule has 0 radical (unpaired) electrons. The van der Waals surface area contributed by atoms with Crippen LogP contribution in [0.25, 0.3) is 0 Å². The lowest BCUT2D eigenvalue weighted by Gasteiger charge is -2.18. The highest BCUT2D eigenvalue weighted by Crippen LogP contribution is 2.08. The highest BCUT2D eigenvalue weighted by Gasteiger charge is 2.06. The van der Waals surface area contributed by atoms with Gasteiger partial charge in [0.25, 0.3) is 0 Å². The average Bonchev–Trinajstić information content (AvgIpc) is 2.16. The van der Waals surface area contributed by atoms with E-state index in [0.717, 1.165) is 6.54 Å². The Morgan fingerprint density at radius 2 is 1.79 bits per heavy atom. The Morgan fingerprint density at radius 3 is 2.36 bits per heavy atom. The minimum atomic E-state index is 0.578. The molecular weight excluding hydrogens is 170 g/mol. The van der Waals surface area contributed by atoms with E-state index in [2.05, 4.69) is 57.3 Å². The van der Waals surface area contributed by atoms with Crippen LogP contribution in [0.2, 0.25) is 0 Å². The van der Waals surface area contributed by atoms with E-state index in [0.29, 0.717) is 12.0 Å². The molecule has 0 saturated heterocycles. The molecule has 1 heteroatoms. The van der Waals surface area contributed by atoms with Crippen LogP contribution in [0.15, 0.2) is 24.3 Å². The number of hydrogen-bond donors (Lipinski definition) is 1. The second-order valence-electron chi connectivity index (χ2n) is 4.34. The van der Waals surface area contributed by atoms with Crippen LogP contribution in [0.5, 0.6) is 0 Å². The third-order valence-electron chi connectivity index (χ3n) is 2.88. The molecule has 1 N–H and O–H groups in total. The van der Waals surface area contributed by atoms with Crippen molar-refractivity contribution in [2.75, 3.05) is 0 Å². The zero-order valence-electron chi connectivity index (χ0n) is 9.67. The Morgan fingerprint density at radius 1 is 1.14 bits per heavy atom. The van der Waals surface area contributed by atoms with E-state index in [4.69, 9.17) is 0 Å². The lowest BCUT2D eigenvalue weighted by atomic mass is 10.0. The molecule has 1 aromatic rings. The molecule has 1 rings (SSSR count). The fraction of sp³-hybridized carbons (Fsp3) is 0.538. The summed E-state index contributed by atoms with van der Waals surface area (Å²) in [5.74, 6) is 0.694. The smallest absolute Gasteiger partial charge is 0.0210 e. The molecule has 0 fully saturated rings. The van der Waals surface area contributed by atoms with Crippen molar-refractivity contribution in [3.8, 4) is 0 Å². The van der Waals surface area contributed by atoms with Gasteiger partial charge in [-0.05, 0) is 30.9 Å². The highest BCUT2D eigenvalue weighted by atomic mass is 14.9. The van der Waals surface area contributed by atoms with Gasteiger partial charge >= 0.3 is 0 Å². The molecule has 0 bridgehead atoms. The third-order valence-corrected chi connectivity index (χ3v) is 2.88. The van der Waals surface area contributed by atoms with Gasteiger partial charge in [-0.2, -0.15) is 0 Å². The molecule has 1 aromatic carbocycles. The summed E-state index contributed by atoms with van der Waals surface area (Å²) in [5.41, 5.74) is 2.77.